The van der Waals surface area contributed by atoms with E-state index in [2.05, 4.69) is 42.7 Å². The van der Waals surface area contributed by atoms with Crippen LogP contribution in [0.2, 0.25) is 0 Å². The summed E-state index contributed by atoms with van der Waals surface area (Å²) < 4.78 is 79.7. The smallest absolute Gasteiger partial charge is 0.408 e. The van der Waals surface area contributed by atoms with E-state index in [4.69, 9.17) is 19.0 Å². The van der Waals surface area contributed by atoms with Crippen LogP contribution in [0.15, 0.2) is 60.5 Å². The number of allylic oxidation sites excluding steroid dienone is 5. The number of hydrogen-bond acceptors (Lipinski definition) is 7. The SMILES string of the molecule is C=C1OC2CCCCC(OC(F)C1=C)C2OC1=C(F)C(C(C#CC(=O)ON/C=C\C=C/C=S)(CC)CCC)[C@H](F)CC1F. The van der Waals surface area contributed by atoms with Gasteiger partial charge in [-0.05, 0) is 38.2 Å². The first-order valence-electron chi connectivity index (χ1n) is 14.5. The minimum absolute atomic E-state index is 0.0328. The molecule has 2 aliphatic carbocycles. The maximum Gasteiger partial charge on any atom is 0.408 e. The van der Waals surface area contributed by atoms with Crippen LogP contribution in [0.5, 0.6) is 0 Å². The third kappa shape index (κ3) is 8.51. The maximum atomic E-state index is 16.4. The van der Waals surface area contributed by atoms with Crippen molar-refractivity contribution in [2.24, 2.45) is 11.3 Å². The molecule has 2 bridgehead atoms. The molecule has 3 aliphatic rings. The van der Waals surface area contributed by atoms with E-state index in [0.717, 1.165) is 0 Å². The predicted molar refractivity (Wildman–Crippen MR) is 159 cm³/mol. The summed E-state index contributed by atoms with van der Waals surface area (Å²) in [5.74, 6) is 0.774. The molecule has 0 spiro atoms. The van der Waals surface area contributed by atoms with Gasteiger partial charge in [0.15, 0.2) is 18.0 Å². The van der Waals surface area contributed by atoms with Crippen LogP contribution in [0.1, 0.15) is 65.2 Å². The van der Waals surface area contributed by atoms with Crippen molar-refractivity contribution in [3.8, 4) is 11.8 Å². The molecule has 0 aromatic carbocycles. The van der Waals surface area contributed by atoms with Crippen molar-refractivity contribution in [1.82, 2.24) is 5.48 Å². The third-order valence-electron chi connectivity index (χ3n) is 7.98. The summed E-state index contributed by atoms with van der Waals surface area (Å²) in [7, 11) is 0. The Kier molecular flexibility index (Phi) is 12.9. The topological polar surface area (TPSA) is 66.0 Å². The van der Waals surface area contributed by atoms with Gasteiger partial charge in [0.2, 0.25) is 6.36 Å². The Balaban J connectivity index is 1.95. The summed E-state index contributed by atoms with van der Waals surface area (Å²) in [6.07, 6.45) is -0.315. The van der Waals surface area contributed by atoms with Gasteiger partial charge in [-0.15, -0.1) is 0 Å². The van der Waals surface area contributed by atoms with Crippen LogP contribution in [0.4, 0.5) is 17.6 Å². The highest BCUT2D eigenvalue weighted by molar-refractivity contribution is 7.79. The fourth-order valence-electron chi connectivity index (χ4n) is 5.79. The second-order valence-corrected chi connectivity index (χ2v) is 11.0. The number of ether oxygens (including phenoxy) is 3. The zero-order chi connectivity index (χ0) is 31.6. The molecule has 0 aromatic rings. The number of thiocarbonyl (C=S) groups is 1. The summed E-state index contributed by atoms with van der Waals surface area (Å²) in [6, 6.07) is 0. The maximum absolute atomic E-state index is 16.4. The molecular formula is C32H39F4NO5S. The Morgan fingerprint density at radius 2 is 1.88 bits per heavy atom. The zero-order valence-electron chi connectivity index (χ0n) is 24.5. The van der Waals surface area contributed by atoms with E-state index in [-0.39, 0.29) is 24.2 Å². The number of carbonyl (C=O) groups is 1. The molecule has 43 heavy (non-hydrogen) atoms. The van der Waals surface area contributed by atoms with Crippen LogP contribution in [0, 0.1) is 23.2 Å². The van der Waals surface area contributed by atoms with E-state index < -0.39 is 72.3 Å². The van der Waals surface area contributed by atoms with Gasteiger partial charge in [-0.2, -0.15) is 0 Å². The standard InChI is InChI=1S/C32H39F4NO5S/c1-5-15-32(6-2,16-14-26(38)42-37-17-10-7-11-18-43)27-22(33)19-23(34)29(28(27)35)41-30-24-12-8-9-13-25(30)40-31(36)20(3)21(4)39-24/h7,10-11,17-18,22-25,27,30-31,37H,3-6,8-9,12-13,15,19H2,1-2H3/b11-7-,17-10-/t22-,23?,24?,25?,27?,30?,31?,32?/m1/s1. The number of halogens is 4. The van der Waals surface area contributed by atoms with Crippen molar-refractivity contribution in [2.75, 3.05) is 0 Å². The highest BCUT2D eigenvalue weighted by Crippen LogP contribution is 2.50. The van der Waals surface area contributed by atoms with Crippen LogP contribution in [0.3, 0.4) is 0 Å². The Morgan fingerprint density at radius 3 is 2.56 bits per heavy atom. The van der Waals surface area contributed by atoms with Gasteiger partial charge in [-0.1, -0.05) is 70.1 Å². The lowest BCUT2D eigenvalue weighted by Gasteiger charge is -2.42. The predicted octanol–water partition coefficient (Wildman–Crippen LogP) is 7.29. The van der Waals surface area contributed by atoms with Gasteiger partial charge in [0.05, 0.1) is 5.92 Å². The molecule has 3 rings (SSSR count). The summed E-state index contributed by atoms with van der Waals surface area (Å²) >= 11 is 4.66. The molecule has 8 atom stereocenters. The molecule has 0 radical (unpaired) electrons. The van der Waals surface area contributed by atoms with Crippen molar-refractivity contribution in [2.45, 2.75) is 102 Å². The fourth-order valence-corrected chi connectivity index (χ4v) is 5.88. The average molecular weight is 626 g/mol. The summed E-state index contributed by atoms with van der Waals surface area (Å²) in [5.41, 5.74) is 0.865. The lowest BCUT2D eigenvalue weighted by molar-refractivity contribution is -0.165. The summed E-state index contributed by atoms with van der Waals surface area (Å²) in [6.45, 7) is 10.9. The van der Waals surface area contributed by atoms with E-state index in [1.165, 1.54) is 17.6 Å². The largest absolute Gasteiger partial charge is 0.487 e. The van der Waals surface area contributed by atoms with Gasteiger partial charge in [0.1, 0.15) is 30.0 Å². The summed E-state index contributed by atoms with van der Waals surface area (Å²) in [5, 5.41) is 1.40. The van der Waals surface area contributed by atoms with E-state index in [1.807, 2.05) is 6.92 Å². The molecule has 1 saturated heterocycles. The first-order valence-corrected chi connectivity index (χ1v) is 15.0. The van der Waals surface area contributed by atoms with Crippen molar-refractivity contribution >= 4 is 23.6 Å². The van der Waals surface area contributed by atoms with Crippen LogP contribution in [-0.2, 0) is 23.8 Å². The molecular weight excluding hydrogens is 586 g/mol. The summed E-state index contributed by atoms with van der Waals surface area (Å²) in [4.78, 5) is 17.2. The normalized spacial score (nSPS) is 31.2. The monoisotopic (exact) mass is 625 g/mol. The highest BCUT2D eigenvalue weighted by Gasteiger charge is 2.51. The number of carbonyl (C=O) groups excluding carboxylic acids is 1. The Hall–Kier alpha value is -3.10. The third-order valence-corrected chi connectivity index (χ3v) is 8.14. The molecule has 1 N–H and O–H groups in total. The number of hydrogen-bond donors (Lipinski definition) is 1. The van der Waals surface area contributed by atoms with Crippen molar-refractivity contribution in [3.05, 3.63) is 60.5 Å². The lowest BCUT2D eigenvalue weighted by Crippen LogP contribution is -2.47. The number of alkyl halides is 3. The quantitative estimate of drug-likeness (QED) is 0.0683. The molecule has 1 heterocycles. The molecule has 0 amide bonds. The molecule has 0 aromatic heterocycles. The van der Waals surface area contributed by atoms with Gasteiger partial charge in [0.25, 0.3) is 0 Å². The Morgan fingerprint density at radius 1 is 1.16 bits per heavy atom. The van der Waals surface area contributed by atoms with Crippen molar-refractivity contribution in [3.63, 3.8) is 0 Å². The number of fused-ring (bicyclic) bond motifs is 2. The molecule has 11 heteroatoms. The second-order valence-electron chi connectivity index (χ2n) is 10.8. The van der Waals surface area contributed by atoms with Gasteiger partial charge < -0.3 is 19.0 Å². The second kappa shape index (κ2) is 16.1. The average Bonchev–Trinajstić information content (AvgIpc) is 3.16. The highest BCUT2D eigenvalue weighted by atomic mass is 32.1. The lowest BCUT2D eigenvalue weighted by atomic mass is 9.65. The number of hydroxylamine groups is 1. The van der Waals surface area contributed by atoms with Crippen molar-refractivity contribution in [1.29, 1.82) is 0 Å². The van der Waals surface area contributed by atoms with E-state index >= 15 is 13.2 Å². The van der Waals surface area contributed by atoms with Crippen LogP contribution in [-0.4, -0.2) is 48.3 Å². The van der Waals surface area contributed by atoms with Gasteiger partial charge in [-0.3, -0.25) is 0 Å². The van der Waals surface area contributed by atoms with Crippen LogP contribution < -0.4 is 5.48 Å². The molecule has 6 nitrogen and oxygen atoms in total. The zero-order valence-corrected chi connectivity index (χ0v) is 25.3. The Bertz CT molecular complexity index is 1190. The first-order chi connectivity index (χ1) is 20.6. The molecule has 236 valence electrons. The van der Waals surface area contributed by atoms with E-state index in [0.29, 0.717) is 32.1 Å². The molecule has 1 aliphatic heterocycles. The molecule has 7 unspecified atom stereocenters. The van der Waals surface area contributed by atoms with Crippen LogP contribution >= 0.6 is 12.2 Å². The van der Waals surface area contributed by atoms with Gasteiger partial charge in [0, 0.05) is 34.9 Å². The number of rotatable bonds is 10. The Labute approximate surface area is 256 Å². The van der Waals surface area contributed by atoms with E-state index in [9.17, 15) is 9.18 Å². The van der Waals surface area contributed by atoms with Gasteiger partial charge >= 0.3 is 5.97 Å². The molecule has 1 saturated carbocycles. The van der Waals surface area contributed by atoms with Gasteiger partial charge in [-0.25, -0.2) is 27.8 Å². The van der Waals surface area contributed by atoms with Crippen molar-refractivity contribution < 1.29 is 41.4 Å². The minimum Gasteiger partial charge on any atom is -0.487 e. The number of nitrogens with one attached hydrogen (secondary N) is 1. The molecule has 2 fully saturated rings. The first kappa shape index (κ1) is 34.4. The van der Waals surface area contributed by atoms with E-state index in [1.54, 1.807) is 19.1 Å². The van der Waals surface area contributed by atoms with Crippen LogP contribution in [0.25, 0.3) is 0 Å². The minimum atomic E-state index is -2.10. The fraction of sp³-hybridized carbons (Fsp3) is 0.562.